The van der Waals surface area contributed by atoms with Gasteiger partial charge in [0.1, 0.15) is 24.6 Å². The summed E-state index contributed by atoms with van der Waals surface area (Å²) in [5.41, 5.74) is -0.537. The van der Waals surface area contributed by atoms with Gasteiger partial charge in [0.05, 0.1) is 5.02 Å². The Balaban J connectivity index is 2.06. The number of para-hydroxylation sites is 1. The molecular formula is C17H24ClNO5. The molecule has 0 aliphatic carbocycles. The number of benzene rings is 1. The van der Waals surface area contributed by atoms with Crippen molar-refractivity contribution in [3.05, 3.63) is 29.3 Å². The van der Waals surface area contributed by atoms with E-state index in [4.69, 9.17) is 25.8 Å². The topological polar surface area (TPSA) is 73.9 Å². The van der Waals surface area contributed by atoms with Gasteiger partial charge in [-0.3, -0.25) is 4.79 Å². The van der Waals surface area contributed by atoms with Crippen molar-refractivity contribution >= 4 is 23.7 Å². The summed E-state index contributed by atoms with van der Waals surface area (Å²) in [7, 11) is 0. The molecule has 0 atom stereocenters. The van der Waals surface area contributed by atoms with E-state index in [1.807, 2.05) is 6.07 Å². The van der Waals surface area contributed by atoms with Crippen LogP contribution in [0.1, 0.15) is 33.6 Å². The first-order valence-electron chi connectivity index (χ1n) is 7.78. The van der Waals surface area contributed by atoms with Gasteiger partial charge in [0.2, 0.25) is 0 Å². The molecular weight excluding hydrogens is 334 g/mol. The van der Waals surface area contributed by atoms with Crippen LogP contribution in [0.5, 0.6) is 5.75 Å². The van der Waals surface area contributed by atoms with Crippen molar-refractivity contribution < 1.29 is 23.8 Å². The third-order valence-electron chi connectivity index (χ3n) is 2.67. The van der Waals surface area contributed by atoms with Gasteiger partial charge in [-0.25, -0.2) is 4.79 Å². The fourth-order valence-corrected chi connectivity index (χ4v) is 1.87. The van der Waals surface area contributed by atoms with E-state index in [1.165, 1.54) is 0 Å². The van der Waals surface area contributed by atoms with E-state index in [0.717, 1.165) is 0 Å². The summed E-state index contributed by atoms with van der Waals surface area (Å²) in [4.78, 5) is 22.9. The Kier molecular flexibility index (Phi) is 8.40. The third kappa shape index (κ3) is 9.25. The lowest BCUT2D eigenvalue weighted by Crippen LogP contribution is -2.33. The molecule has 0 aliphatic heterocycles. The summed E-state index contributed by atoms with van der Waals surface area (Å²) in [6.07, 6.45) is 0.190. The van der Waals surface area contributed by atoms with Gasteiger partial charge >= 0.3 is 12.1 Å². The zero-order valence-electron chi connectivity index (χ0n) is 14.3. The molecule has 0 heterocycles. The average molecular weight is 358 g/mol. The third-order valence-corrected chi connectivity index (χ3v) is 2.98. The number of carbonyl (C=O) groups excluding carboxylic acids is 2. The summed E-state index contributed by atoms with van der Waals surface area (Å²) in [6.45, 7) is 6.08. The SMILES string of the molecule is CC(C)(C)OC(=O)NCCCC(=O)OCCOc1ccccc1Cl. The van der Waals surface area contributed by atoms with Gasteiger partial charge < -0.3 is 19.5 Å². The fraction of sp³-hybridized carbons (Fsp3) is 0.529. The van der Waals surface area contributed by atoms with E-state index in [-0.39, 0.29) is 25.6 Å². The lowest BCUT2D eigenvalue weighted by molar-refractivity contribution is -0.144. The van der Waals surface area contributed by atoms with Crippen molar-refractivity contribution in [2.24, 2.45) is 0 Å². The highest BCUT2D eigenvalue weighted by molar-refractivity contribution is 6.32. The second-order valence-electron chi connectivity index (χ2n) is 6.03. The highest BCUT2D eigenvalue weighted by Crippen LogP contribution is 2.22. The van der Waals surface area contributed by atoms with Crippen molar-refractivity contribution in [2.45, 2.75) is 39.2 Å². The van der Waals surface area contributed by atoms with E-state index < -0.39 is 11.7 Å². The Hall–Kier alpha value is -1.95. The first kappa shape index (κ1) is 20.1. The summed E-state index contributed by atoms with van der Waals surface area (Å²) in [5, 5.41) is 3.09. The number of carbonyl (C=O) groups is 2. The normalized spacial score (nSPS) is 10.8. The predicted molar refractivity (Wildman–Crippen MR) is 91.4 cm³/mol. The molecule has 0 saturated heterocycles. The van der Waals surface area contributed by atoms with Crippen LogP contribution in [-0.4, -0.2) is 37.4 Å². The number of esters is 1. The molecule has 0 radical (unpaired) electrons. The van der Waals surface area contributed by atoms with Crippen LogP contribution in [0.2, 0.25) is 5.02 Å². The zero-order chi connectivity index (χ0) is 18.0. The second kappa shape index (κ2) is 10.0. The van der Waals surface area contributed by atoms with Crippen LogP contribution < -0.4 is 10.1 Å². The van der Waals surface area contributed by atoms with Crippen molar-refractivity contribution in [2.75, 3.05) is 19.8 Å². The molecule has 0 unspecified atom stereocenters. The number of nitrogens with one attached hydrogen (secondary N) is 1. The Labute approximate surface area is 147 Å². The maximum Gasteiger partial charge on any atom is 0.407 e. The number of ether oxygens (including phenoxy) is 3. The molecule has 0 spiro atoms. The number of alkyl carbamates (subject to hydrolysis) is 1. The van der Waals surface area contributed by atoms with Crippen LogP contribution in [0.4, 0.5) is 4.79 Å². The Bertz CT molecular complexity index is 542. The summed E-state index contributed by atoms with van der Waals surface area (Å²) >= 11 is 5.94. The lowest BCUT2D eigenvalue weighted by Gasteiger charge is -2.19. The minimum absolute atomic E-state index is 0.142. The molecule has 1 rings (SSSR count). The van der Waals surface area contributed by atoms with Crippen molar-refractivity contribution in [1.82, 2.24) is 5.32 Å². The van der Waals surface area contributed by atoms with Crippen LogP contribution in [0, 0.1) is 0 Å². The molecule has 1 aromatic carbocycles. The number of hydrogen-bond donors (Lipinski definition) is 1. The molecule has 0 saturated carbocycles. The fourth-order valence-electron chi connectivity index (χ4n) is 1.68. The maximum atomic E-state index is 11.5. The number of amides is 1. The quantitative estimate of drug-likeness (QED) is 0.568. The zero-order valence-corrected chi connectivity index (χ0v) is 15.0. The van der Waals surface area contributed by atoms with Crippen LogP contribution in [0.15, 0.2) is 24.3 Å². The molecule has 6 nitrogen and oxygen atoms in total. The van der Waals surface area contributed by atoms with Crippen LogP contribution >= 0.6 is 11.6 Å². The molecule has 1 N–H and O–H groups in total. The number of rotatable bonds is 8. The van der Waals surface area contributed by atoms with Crippen molar-refractivity contribution in [1.29, 1.82) is 0 Å². The maximum absolute atomic E-state index is 11.5. The molecule has 0 bridgehead atoms. The first-order valence-corrected chi connectivity index (χ1v) is 8.15. The lowest BCUT2D eigenvalue weighted by atomic mass is 10.2. The molecule has 1 amide bonds. The minimum atomic E-state index is -0.537. The average Bonchev–Trinajstić information content (AvgIpc) is 2.48. The Morgan fingerprint density at radius 3 is 2.54 bits per heavy atom. The Morgan fingerprint density at radius 2 is 1.88 bits per heavy atom. The molecule has 0 fully saturated rings. The van der Waals surface area contributed by atoms with E-state index in [0.29, 0.717) is 23.7 Å². The summed E-state index contributed by atoms with van der Waals surface area (Å²) in [5.74, 6) is 0.209. The van der Waals surface area contributed by atoms with Gasteiger partial charge in [-0.1, -0.05) is 23.7 Å². The molecule has 1 aromatic rings. The molecule has 0 aromatic heterocycles. The van der Waals surface area contributed by atoms with E-state index >= 15 is 0 Å². The second-order valence-corrected chi connectivity index (χ2v) is 6.44. The van der Waals surface area contributed by atoms with E-state index in [9.17, 15) is 9.59 Å². The highest BCUT2D eigenvalue weighted by Gasteiger charge is 2.15. The van der Waals surface area contributed by atoms with Gasteiger partial charge in [-0.2, -0.15) is 0 Å². The Morgan fingerprint density at radius 1 is 1.17 bits per heavy atom. The molecule has 0 aliphatic rings. The van der Waals surface area contributed by atoms with Crippen LogP contribution in [0.25, 0.3) is 0 Å². The van der Waals surface area contributed by atoms with Crippen LogP contribution in [0.3, 0.4) is 0 Å². The van der Waals surface area contributed by atoms with Gasteiger partial charge in [0.15, 0.2) is 0 Å². The van der Waals surface area contributed by atoms with E-state index in [2.05, 4.69) is 5.32 Å². The first-order chi connectivity index (χ1) is 11.3. The summed E-state index contributed by atoms with van der Waals surface area (Å²) < 4.78 is 15.5. The molecule has 134 valence electrons. The number of hydrogen-bond acceptors (Lipinski definition) is 5. The van der Waals surface area contributed by atoms with E-state index in [1.54, 1.807) is 39.0 Å². The van der Waals surface area contributed by atoms with Gasteiger partial charge in [-0.05, 0) is 39.3 Å². The molecule has 7 heteroatoms. The van der Waals surface area contributed by atoms with Gasteiger partial charge in [0.25, 0.3) is 0 Å². The van der Waals surface area contributed by atoms with Gasteiger partial charge in [-0.15, -0.1) is 0 Å². The highest BCUT2D eigenvalue weighted by atomic mass is 35.5. The standard InChI is InChI=1S/C17H24ClNO5/c1-17(2,3)24-16(21)19-10-6-9-15(20)23-12-11-22-14-8-5-4-7-13(14)18/h4-5,7-8H,6,9-12H2,1-3H3,(H,19,21). The van der Waals surface area contributed by atoms with Crippen molar-refractivity contribution in [3.63, 3.8) is 0 Å². The monoisotopic (exact) mass is 357 g/mol. The molecule has 24 heavy (non-hydrogen) atoms. The van der Waals surface area contributed by atoms with Crippen molar-refractivity contribution in [3.8, 4) is 5.75 Å². The number of halogens is 1. The minimum Gasteiger partial charge on any atom is -0.488 e. The van der Waals surface area contributed by atoms with Crippen LogP contribution in [-0.2, 0) is 14.3 Å². The summed E-state index contributed by atoms with van der Waals surface area (Å²) in [6, 6.07) is 7.08. The largest absolute Gasteiger partial charge is 0.488 e. The smallest absolute Gasteiger partial charge is 0.407 e. The predicted octanol–water partition coefficient (Wildman–Crippen LogP) is 3.57. The van der Waals surface area contributed by atoms with Gasteiger partial charge in [0, 0.05) is 13.0 Å².